The van der Waals surface area contributed by atoms with Gasteiger partial charge < -0.3 is 15.4 Å². The fraction of sp³-hybridized carbons (Fsp3) is 0.562. The van der Waals surface area contributed by atoms with Crippen LogP contribution >= 0.6 is 12.4 Å². The van der Waals surface area contributed by atoms with Crippen LogP contribution in [0.25, 0.3) is 0 Å². The Labute approximate surface area is 133 Å². The first-order valence-electron chi connectivity index (χ1n) is 7.34. The Hall–Kier alpha value is -1.26. The van der Waals surface area contributed by atoms with Crippen molar-refractivity contribution in [2.45, 2.75) is 38.8 Å². The van der Waals surface area contributed by atoms with Crippen molar-refractivity contribution in [3.05, 3.63) is 29.8 Å². The molecule has 1 fully saturated rings. The number of nitrogens with zero attached hydrogens (tertiary/aromatic N) is 1. The third-order valence-corrected chi connectivity index (χ3v) is 3.94. The van der Waals surface area contributed by atoms with Gasteiger partial charge in [0.2, 0.25) is 5.91 Å². The molecule has 0 spiro atoms. The summed E-state index contributed by atoms with van der Waals surface area (Å²) >= 11 is 0. The average Bonchev–Trinajstić information content (AvgIpc) is 2.86. The molecule has 0 bridgehead atoms. The van der Waals surface area contributed by atoms with Gasteiger partial charge in [-0.25, -0.2) is 0 Å². The number of amides is 1. The van der Waals surface area contributed by atoms with Gasteiger partial charge in [-0.05, 0) is 25.8 Å². The number of hydrogen-bond donors (Lipinski definition) is 1. The van der Waals surface area contributed by atoms with Crippen LogP contribution < -0.4 is 10.5 Å². The molecule has 1 amide bonds. The Morgan fingerprint density at radius 2 is 2.10 bits per heavy atom. The van der Waals surface area contributed by atoms with Crippen molar-refractivity contribution in [2.24, 2.45) is 11.7 Å². The van der Waals surface area contributed by atoms with Crippen LogP contribution in [0, 0.1) is 5.92 Å². The van der Waals surface area contributed by atoms with Gasteiger partial charge in [-0.1, -0.05) is 24.6 Å². The van der Waals surface area contributed by atoms with Crippen molar-refractivity contribution in [3.63, 3.8) is 0 Å². The Morgan fingerprint density at radius 3 is 2.71 bits per heavy atom. The first-order valence-corrected chi connectivity index (χ1v) is 7.34. The van der Waals surface area contributed by atoms with E-state index in [9.17, 15) is 4.79 Å². The molecule has 1 aromatic carbocycles. The van der Waals surface area contributed by atoms with Gasteiger partial charge in [0.05, 0.1) is 12.5 Å². The van der Waals surface area contributed by atoms with Crippen LogP contribution in [0.5, 0.6) is 5.75 Å². The van der Waals surface area contributed by atoms with Crippen LogP contribution in [-0.4, -0.2) is 30.5 Å². The Morgan fingerprint density at radius 1 is 1.38 bits per heavy atom. The second kappa shape index (κ2) is 8.25. The van der Waals surface area contributed by atoms with Crippen LogP contribution in [0.2, 0.25) is 0 Å². The molecule has 0 aliphatic heterocycles. The van der Waals surface area contributed by atoms with E-state index in [4.69, 9.17) is 10.5 Å². The van der Waals surface area contributed by atoms with Crippen molar-refractivity contribution in [2.75, 3.05) is 13.7 Å². The minimum atomic E-state index is -0.0146. The van der Waals surface area contributed by atoms with Crippen molar-refractivity contribution in [1.82, 2.24) is 4.90 Å². The van der Waals surface area contributed by atoms with E-state index in [1.807, 2.05) is 38.2 Å². The molecule has 118 valence electrons. The predicted octanol–water partition coefficient (Wildman–Crippen LogP) is 2.59. The zero-order valence-electron chi connectivity index (χ0n) is 12.7. The van der Waals surface area contributed by atoms with E-state index in [0.29, 0.717) is 13.2 Å². The Kier molecular flexibility index (Phi) is 6.99. The zero-order chi connectivity index (χ0) is 14.5. The molecular weight excluding hydrogens is 288 g/mol. The minimum absolute atomic E-state index is 0. The topological polar surface area (TPSA) is 55.6 Å². The summed E-state index contributed by atoms with van der Waals surface area (Å²) in [6.07, 6.45) is 2.93. The minimum Gasteiger partial charge on any atom is -0.494 e. The lowest BCUT2D eigenvalue weighted by molar-refractivity contribution is -0.134. The summed E-state index contributed by atoms with van der Waals surface area (Å²) in [6.45, 7) is 3.16. The number of benzene rings is 1. The highest BCUT2D eigenvalue weighted by Crippen LogP contribution is 2.27. The molecule has 1 aromatic rings. The van der Waals surface area contributed by atoms with Crippen molar-refractivity contribution >= 4 is 18.3 Å². The van der Waals surface area contributed by atoms with E-state index in [-0.39, 0.29) is 30.3 Å². The summed E-state index contributed by atoms with van der Waals surface area (Å²) in [5, 5.41) is 0. The fourth-order valence-electron chi connectivity index (χ4n) is 2.84. The molecular formula is C16H25ClN2O2. The van der Waals surface area contributed by atoms with Gasteiger partial charge >= 0.3 is 0 Å². The summed E-state index contributed by atoms with van der Waals surface area (Å²) in [6, 6.07) is 7.88. The number of nitrogens with two attached hydrogens (primary N) is 1. The molecule has 2 atom stereocenters. The molecule has 2 rings (SSSR count). The second-order valence-corrected chi connectivity index (χ2v) is 5.44. The molecule has 2 unspecified atom stereocenters. The highest BCUT2D eigenvalue weighted by atomic mass is 35.5. The van der Waals surface area contributed by atoms with Crippen molar-refractivity contribution in [3.8, 4) is 5.75 Å². The lowest BCUT2D eigenvalue weighted by Crippen LogP contribution is -2.39. The monoisotopic (exact) mass is 312 g/mol. The Bertz CT molecular complexity index is 467. The van der Waals surface area contributed by atoms with Crippen LogP contribution in [0.4, 0.5) is 0 Å². The molecule has 0 aromatic heterocycles. The number of carbonyl (C=O) groups excluding carboxylic acids is 1. The number of halogens is 1. The third kappa shape index (κ3) is 4.35. The first-order chi connectivity index (χ1) is 9.63. The van der Waals surface area contributed by atoms with Crippen molar-refractivity contribution < 1.29 is 9.53 Å². The normalized spacial score (nSPS) is 20.7. The highest BCUT2D eigenvalue weighted by Gasteiger charge is 2.32. The van der Waals surface area contributed by atoms with Crippen LogP contribution in [0.1, 0.15) is 31.7 Å². The summed E-state index contributed by atoms with van der Waals surface area (Å²) in [4.78, 5) is 14.2. The van der Waals surface area contributed by atoms with E-state index in [1.54, 1.807) is 4.90 Å². The number of carbonyl (C=O) groups is 1. The largest absolute Gasteiger partial charge is 0.494 e. The van der Waals surface area contributed by atoms with E-state index in [1.165, 1.54) is 0 Å². The molecule has 1 aliphatic rings. The van der Waals surface area contributed by atoms with Crippen LogP contribution in [-0.2, 0) is 11.3 Å². The molecule has 5 heteroatoms. The van der Waals surface area contributed by atoms with Gasteiger partial charge in [0.1, 0.15) is 5.75 Å². The smallest absolute Gasteiger partial charge is 0.227 e. The summed E-state index contributed by atoms with van der Waals surface area (Å²) in [5.41, 5.74) is 7.06. The maximum absolute atomic E-state index is 12.4. The van der Waals surface area contributed by atoms with Gasteiger partial charge in [-0.15, -0.1) is 12.4 Å². The van der Waals surface area contributed by atoms with E-state index < -0.39 is 0 Å². The molecule has 0 saturated heterocycles. The zero-order valence-corrected chi connectivity index (χ0v) is 13.6. The van der Waals surface area contributed by atoms with Crippen molar-refractivity contribution in [1.29, 1.82) is 0 Å². The quantitative estimate of drug-likeness (QED) is 0.909. The number of para-hydroxylation sites is 1. The second-order valence-electron chi connectivity index (χ2n) is 5.44. The summed E-state index contributed by atoms with van der Waals surface area (Å²) in [7, 11) is 1.84. The summed E-state index contributed by atoms with van der Waals surface area (Å²) < 4.78 is 5.60. The van der Waals surface area contributed by atoms with Gasteiger partial charge in [-0.2, -0.15) is 0 Å². The first kappa shape index (κ1) is 17.8. The van der Waals surface area contributed by atoms with Crippen LogP contribution in [0.3, 0.4) is 0 Å². The van der Waals surface area contributed by atoms with Gasteiger partial charge in [0.25, 0.3) is 0 Å². The van der Waals surface area contributed by atoms with E-state index >= 15 is 0 Å². The summed E-state index contributed by atoms with van der Waals surface area (Å²) in [5.74, 6) is 0.992. The molecule has 4 nitrogen and oxygen atoms in total. The molecule has 0 radical (unpaired) electrons. The SMILES string of the molecule is CCOc1ccccc1CN(C)C(=O)C1CCCC1N.Cl. The highest BCUT2D eigenvalue weighted by molar-refractivity contribution is 5.85. The van der Waals surface area contributed by atoms with E-state index in [2.05, 4.69) is 0 Å². The predicted molar refractivity (Wildman–Crippen MR) is 86.6 cm³/mol. The molecule has 2 N–H and O–H groups in total. The maximum atomic E-state index is 12.4. The lowest BCUT2D eigenvalue weighted by Gasteiger charge is -2.24. The molecule has 1 aliphatic carbocycles. The number of ether oxygens (including phenoxy) is 1. The van der Waals surface area contributed by atoms with E-state index in [0.717, 1.165) is 30.6 Å². The van der Waals surface area contributed by atoms with Gasteiger partial charge in [-0.3, -0.25) is 4.79 Å². The van der Waals surface area contributed by atoms with Gasteiger partial charge in [0, 0.05) is 25.2 Å². The van der Waals surface area contributed by atoms with Crippen LogP contribution in [0.15, 0.2) is 24.3 Å². The molecule has 21 heavy (non-hydrogen) atoms. The van der Waals surface area contributed by atoms with Gasteiger partial charge in [0.15, 0.2) is 0 Å². The number of rotatable bonds is 5. The fourth-order valence-corrected chi connectivity index (χ4v) is 2.84. The Balaban J connectivity index is 0.00000220. The average molecular weight is 313 g/mol. The standard InChI is InChI=1S/C16H24N2O2.ClH/c1-3-20-15-10-5-4-7-12(15)11-18(2)16(19)13-8-6-9-14(13)17;/h4-5,7,10,13-14H,3,6,8-9,11,17H2,1-2H3;1H. The number of hydrogen-bond acceptors (Lipinski definition) is 3. The maximum Gasteiger partial charge on any atom is 0.227 e. The third-order valence-electron chi connectivity index (χ3n) is 3.94. The lowest BCUT2D eigenvalue weighted by atomic mass is 10.0. The molecule has 0 heterocycles. The molecule has 1 saturated carbocycles.